The first-order valence-corrected chi connectivity index (χ1v) is 6.32. The molecule has 0 bridgehead atoms. The van der Waals surface area contributed by atoms with Crippen molar-refractivity contribution in [1.82, 2.24) is 5.32 Å². The number of benzene rings is 1. The highest BCUT2D eigenvalue weighted by Gasteiger charge is 2.30. The van der Waals surface area contributed by atoms with E-state index in [-0.39, 0.29) is 12.5 Å². The number of nitrogens with one attached hydrogen (secondary N) is 1. The van der Waals surface area contributed by atoms with Crippen LogP contribution in [0.5, 0.6) is 11.5 Å². The fourth-order valence-electron chi connectivity index (χ4n) is 1.60. The largest absolute Gasteiger partial charge is 0.485 e. The molecule has 0 saturated carbocycles. The first-order valence-electron chi connectivity index (χ1n) is 5.78. The molecule has 98 valence electrons. The van der Waals surface area contributed by atoms with Gasteiger partial charge in [0.2, 0.25) is 6.10 Å². The van der Waals surface area contributed by atoms with Crippen LogP contribution in [-0.2, 0) is 4.79 Å². The molecule has 4 nitrogen and oxygen atoms in total. The predicted molar refractivity (Wildman–Crippen MR) is 69.3 cm³/mol. The van der Waals surface area contributed by atoms with Gasteiger partial charge < -0.3 is 14.8 Å². The number of alkyl halides is 1. The summed E-state index contributed by atoms with van der Waals surface area (Å²) in [6, 6.07) is 7.29. The highest BCUT2D eigenvalue weighted by Crippen LogP contribution is 2.30. The Balaban J connectivity index is 2.03. The Morgan fingerprint density at radius 1 is 1.44 bits per heavy atom. The van der Waals surface area contributed by atoms with Gasteiger partial charge in [-0.05, 0) is 26.0 Å². The van der Waals surface area contributed by atoms with Crippen LogP contribution in [0.15, 0.2) is 24.3 Å². The highest BCUT2D eigenvalue weighted by atomic mass is 35.5. The molecule has 1 N–H and O–H groups in total. The second-order valence-corrected chi connectivity index (χ2v) is 5.14. The number of hydrogen-bond donors (Lipinski definition) is 1. The lowest BCUT2D eigenvalue weighted by Gasteiger charge is -2.29. The van der Waals surface area contributed by atoms with Crippen LogP contribution in [0.3, 0.4) is 0 Å². The molecule has 0 aliphatic carbocycles. The fourth-order valence-corrected chi connectivity index (χ4v) is 1.66. The summed E-state index contributed by atoms with van der Waals surface area (Å²) in [5, 5.41) is 2.83. The maximum absolute atomic E-state index is 12.0. The van der Waals surface area contributed by atoms with Crippen LogP contribution in [-0.4, -0.2) is 30.0 Å². The minimum atomic E-state index is -0.637. The van der Waals surface area contributed by atoms with Crippen LogP contribution in [0.1, 0.15) is 13.8 Å². The summed E-state index contributed by atoms with van der Waals surface area (Å²) in [4.78, 5) is 12.0. The number of halogens is 1. The maximum atomic E-state index is 12.0. The van der Waals surface area contributed by atoms with Gasteiger partial charge in [-0.2, -0.15) is 0 Å². The van der Waals surface area contributed by atoms with Gasteiger partial charge in [0, 0.05) is 11.4 Å². The van der Waals surface area contributed by atoms with E-state index in [9.17, 15) is 4.79 Å². The lowest BCUT2D eigenvalue weighted by atomic mass is 10.1. The minimum Gasteiger partial charge on any atom is -0.485 e. The van der Waals surface area contributed by atoms with E-state index in [1.54, 1.807) is 6.07 Å². The second kappa shape index (κ2) is 5.06. The molecule has 2 rings (SSSR count). The average molecular weight is 270 g/mol. The van der Waals surface area contributed by atoms with Crippen LogP contribution in [0, 0.1) is 0 Å². The molecule has 0 spiro atoms. The number of hydrogen-bond acceptors (Lipinski definition) is 3. The molecule has 18 heavy (non-hydrogen) atoms. The third-order valence-corrected chi connectivity index (χ3v) is 3.26. The van der Waals surface area contributed by atoms with Crippen LogP contribution in [0.2, 0.25) is 0 Å². The van der Waals surface area contributed by atoms with Gasteiger partial charge in [0.15, 0.2) is 11.5 Å². The van der Waals surface area contributed by atoms with Gasteiger partial charge in [0.1, 0.15) is 6.61 Å². The van der Waals surface area contributed by atoms with Crippen LogP contribution >= 0.6 is 11.6 Å². The van der Waals surface area contributed by atoms with E-state index in [0.29, 0.717) is 17.4 Å². The third kappa shape index (κ3) is 2.88. The molecule has 1 amide bonds. The molecule has 1 aliphatic heterocycles. The standard InChI is InChI=1S/C13H16ClNO3/c1-13(2,8-14)15-12(16)11-7-17-9-5-3-4-6-10(9)18-11/h3-6,11H,7-8H2,1-2H3,(H,15,16). The van der Waals surface area contributed by atoms with Crippen LogP contribution in [0.4, 0.5) is 0 Å². The second-order valence-electron chi connectivity index (χ2n) is 4.87. The zero-order valence-corrected chi connectivity index (χ0v) is 11.2. The molecular formula is C13H16ClNO3. The van der Waals surface area contributed by atoms with Crippen LogP contribution in [0.25, 0.3) is 0 Å². The number of para-hydroxylation sites is 2. The van der Waals surface area contributed by atoms with Gasteiger partial charge in [-0.25, -0.2) is 0 Å². The van der Waals surface area contributed by atoms with Crippen molar-refractivity contribution >= 4 is 17.5 Å². The Morgan fingerprint density at radius 2 is 2.11 bits per heavy atom. The molecule has 1 heterocycles. The topological polar surface area (TPSA) is 47.6 Å². The fraction of sp³-hybridized carbons (Fsp3) is 0.462. The van der Waals surface area contributed by atoms with E-state index in [2.05, 4.69) is 5.32 Å². The Morgan fingerprint density at radius 3 is 2.78 bits per heavy atom. The molecule has 1 aliphatic rings. The molecule has 0 radical (unpaired) electrons. The molecule has 1 unspecified atom stereocenters. The lowest BCUT2D eigenvalue weighted by molar-refractivity contribution is -0.131. The SMILES string of the molecule is CC(C)(CCl)NC(=O)C1COc2ccccc2O1. The Kier molecular flexibility index (Phi) is 3.66. The zero-order valence-electron chi connectivity index (χ0n) is 10.4. The minimum absolute atomic E-state index is 0.210. The summed E-state index contributed by atoms with van der Waals surface area (Å²) < 4.78 is 11.1. The molecule has 0 saturated heterocycles. The van der Waals surface area contributed by atoms with Gasteiger partial charge in [0.05, 0.1) is 0 Å². The first-order chi connectivity index (χ1) is 8.52. The van der Waals surface area contributed by atoms with Gasteiger partial charge in [0.25, 0.3) is 5.91 Å². The summed E-state index contributed by atoms with van der Waals surface area (Å²) in [6.45, 7) is 3.92. The summed E-state index contributed by atoms with van der Waals surface area (Å²) in [7, 11) is 0. The normalized spacial score (nSPS) is 18.3. The molecule has 5 heteroatoms. The number of fused-ring (bicyclic) bond motifs is 1. The van der Waals surface area contributed by atoms with E-state index in [4.69, 9.17) is 21.1 Å². The van der Waals surface area contributed by atoms with Gasteiger partial charge >= 0.3 is 0 Å². The van der Waals surface area contributed by atoms with E-state index in [1.807, 2.05) is 32.0 Å². The van der Waals surface area contributed by atoms with Gasteiger partial charge in [-0.3, -0.25) is 4.79 Å². The summed E-state index contributed by atoms with van der Waals surface area (Å²) in [6.07, 6.45) is -0.637. The van der Waals surface area contributed by atoms with Gasteiger partial charge in [-0.15, -0.1) is 11.6 Å². The third-order valence-electron chi connectivity index (χ3n) is 2.60. The van der Waals surface area contributed by atoms with Crippen molar-refractivity contribution in [2.45, 2.75) is 25.5 Å². The van der Waals surface area contributed by atoms with Crippen molar-refractivity contribution in [2.75, 3.05) is 12.5 Å². The Bertz CT molecular complexity index is 448. The smallest absolute Gasteiger partial charge is 0.265 e. The van der Waals surface area contributed by atoms with Crippen molar-refractivity contribution in [2.24, 2.45) is 0 Å². The molecule has 1 aromatic rings. The molecule has 1 aromatic carbocycles. The lowest BCUT2D eigenvalue weighted by Crippen LogP contribution is -2.52. The number of rotatable bonds is 3. The Hall–Kier alpha value is -1.42. The van der Waals surface area contributed by atoms with Crippen molar-refractivity contribution in [3.05, 3.63) is 24.3 Å². The molecular weight excluding hydrogens is 254 g/mol. The number of ether oxygens (including phenoxy) is 2. The molecule has 0 aromatic heterocycles. The monoisotopic (exact) mass is 269 g/mol. The van der Waals surface area contributed by atoms with E-state index in [1.165, 1.54) is 0 Å². The molecule has 0 fully saturated rings. The maximum Gasteiger partial charge on any atom is 0.265 e. The van der Waals surface area contributed by atoms with E-state index >= 15 is 0 Å². The first kappa shape index (κ1) is 13.0. The summed E-state index contributed by atoms with van der Waals surface area (Å²) >= 11 is 5.77. The molecule has 1 atom stereocenters. The van der Waals surface area contributed by atoms with Crippen LogP contribution < -0.4 is 14.8 Å². The zero-order chi connectivity index (χ0) is 13.2. The van der Waals surface area contributed by atoms with Crippen molar-refractivity contribution in [3.8, 4) is 11.5 Å². The highest BCUT2D eigenvalue weighted by molar-refractivity contribution is 6.18. The quantitative estimate of drug-likeness (QED) is 0.854. The number of carbonyl (C=O) groups excluding carboxylic acids is 1. The summed E-state index contributed by atoms with van der Waals surface area (Å²) in [5.41, 5.74) is -0.459. The Labute approximate surface area is 111 Å². The number of carbonyl (C=O) groups is 1. The van der Waals surface area contributed by atoms with Crippen molar-refractivity contribution in [3.63, 3.8) is 0 Å². The van der Waals surface area contributed by atoms with Crippen molar-refractivity contribution in [1.29, 1.82) is 0 Å². The van der Waals surface area contributed by atoms with E-state index < -0.39 is 11.6 Å². The summed E-state index contributed by atoms with van der Waals surface area (Å²) in [5.74, 6) is 1.38. The predicted octanol–water partition coefficient (Wildman–Crippen LogP) is 1.96. The average Bonchev–Trinajstić information content (AvgIpc) is 2.37. The van der Waals surface area contributed by atoms with Gasteiger partial charge in [-0.1, -0.05) is 12.1 Å². The van der Waals surface area contributed by atoms with E-state index in [0.717, 1.165) is 0 Å². The number of amides is 1. The van der Waals surface area contributed by atoms with Crippen molar-refractivity contribution < 1.29 is 14.3 Å².